The summed E-state index contributed by atoms with van der Waals surface area (Å²) in [5.74, 6) is 0.443. The monoisotopic (exact) mass is 456 g/mol. The van der Waals surface area contributed by atoms with Crippen LogP contribution in [-0.2, 0) is 4.79 Å². The molecular formula is C28H32N4O2. The molecule has 34 heavy (non-hydrogen) atoms. The van der Waals surface area contributed by atoms with Crippen molar-refractivity contribution in [2.75, 3.05) is 26.2 Å². The van der Waals surface area contributed by atoms with Gasteiger partial charge in [0.25, 0.3) is 5.91 Å². The van der Waals surface area contributed by atoms with Gasteiger partial charge in [0.05, 0.1) is 11.3 Å². The number of hydrogen-bond donors (Lipinski definition) is 0. The van der Waals surface area contributed by atoms with Crippen LogP contribution in [-0.4, -0.2) is 57.6 Å². The summed E-state index contributed by atoms with van der Waals surface area (Å²) in [5, 5.41) is 4.85. The van der Waals surface area contributed by atoms with Gasteiger partial charge in [-0.15, -0.1) is 0 Å². The summed E-state index contributed by atoms with van der Waals surface area (Å²) in [4.78, 5) is 30.6. The van der Waals surface area contributed by atoms with Crippen molar-refractivity contribution in [3.05, 3.63) is 71.9 Å². The van der Waals surface area contributed by atoms with E-state index in [1.54, 1.807) is 4.68 Å². The van der Waals surface area contributed by atoms with E-state index >= 15 is 0 Å². The molecule has 0 radical (unpaired) electrons. The Morgan fingerprint density at radius 1 is 0.824 bits per heavy atom. The van der Waals surface area contributed by atoms with E-state index in [-0.39, 0.29) is 17.7 Å². The maximum atomic E-state index is 13.8. The number of amides is 2. The third-order valence-corrected chi connectivity index (χ3v) is 7.16. The standard InChI is InChI=1S/C28H32N4O2/c1-21-10-5-8-15-24(21)26-25(20-32(29-26)23-13-3-2-4-14-23)28(34)31-17-9-16-30(18-19-31)27(33)22-11-6-7-12-22/h2-5,8,10,13-15,20,22H,6-7,9,11-12,16-19H2,1H3. The van der Waals surface area contributed by atoms with Crippen molar-refractivity contribution in [2.24, 2.45) is 5.92 Å². The van der Waals surface area contributed by atoms with Gasteiger partial charge in [0.2, 0.25) is 5.91 Å². The highest BCUT2D eigenvalue weighted by molar-refractivity contribution is 6.00. The van der Waals surface area contributed by atoms with E-state index in [0.717, 1.165) is 55.5 Å². The number of rotatable bonds is 4. The molecule has 6 nitrogen and oxygen atoms in total. The lowest BCUT2D eigenvalue weighted by molar-refractivity contribution is -0.135. The minimum atomic E-state index is -0.0180. The number of para-hydroxylation sites is 1. The molecule has 2 aliphatic rings. The number of carbonyl (C=O) groups excluding carboxylic acids is 2. The van der Waals surface area contributed by atoms with E-state index < -0.39 is 0 Å². The molecule has 0 bridgehead atoms. The number of carbonyl (C=O) groups is 2. The molecule has 1 aliphatic heterocycles. The summed E-state index contributed by atoms with van der Waals surface area (Å²) in [6, 6.07) is 17.9. The highest BCUT2D eigenvalue weighted by Gasteiger charge is 2.30. The van der Waals surface area contributed by atoms with Crippen LogP contribution in [0.15, 0.2) is 60.8 Å². The molecule has 1 saturated heterocycles. The number of hydrogen-bond acceptors (Lipinski definition) is 3. The molecule has 1 saturated carbocycles. The Hall–Kier alpha value is -3.41. The third kappa shape index (κ3) is 4.49. The summed E-state index contributed by atoms with van der Waals surface area (Å²) in [6.07, 6.45) is 6.99. The molecule has 2 heterocycles. The maximum absolute atomic E-state index is 13.8. The van der Waals surface area contributed by atoms with Crippen molar-refractivity contribution in [1.82, 2.24) is 19.6 Å². The highest BCUT2D eigenvalue weighted by Crippen LogP contribution is 2.29. The van der Waals surface area contributed by atoms with Gasteiger partial charge in [0.1, 0.15) is 5.69 Å². The zero-order chi connectivity index (χ0) is 23.5. The summed E-state index contributed by atoms with van der Waals surface area (Å²) < 4.78 is 1.79. The van der Waals surface area contributed by atoms with Crippen LogP contribution in [0.1, 0.15) is 48.0 Å². The van der Waals surface area contributed by atoms with Crippen LogP contribution >= 0.6 is 0 Å². The largest absolute Gasteiger partial charge is 0.341 e. The average Bonchev–Trinajstić information content (AvgIpc) is 3.50. The van der Waals surface area contributed by atoms with Gasteiger partial charge in [-0.25, -0.2) is 4.68 Å². The second kappa shape index (κ2) is 9.84. The van der Waals surface area contributed by atoms with Gasteiger partial charge in [-0.1, -0.05) is 55.3 Å². The van der Waals surface area contributed by atoms with Gasteiger partial charge in [0.15, 0.2) is 0 Å². The highest BCUT2D eigenvalue weighted by atomic mass is 16.2. The smallest absolute Gasteiger partial charge is 0.257 e. The molecule has 0 N–H and O–H groups in total. The molecule has 176 valence electrons. The molecule has 5 rings (SSSR count). The predicted octanol–water partition coefficient (Wildman–Crippen LogP) is 4.71. The number of aryl methyl sites for hydroxylation is 1. The topological polar surface area (TPSA) is 58.4 Å². The van der Waals surface area contributed by atoms with Crippen LogP contribution in [0, 0.1) is 12.8 Å². The second-order valence-electron chi connectivity index (χ2n) is 9.44. The lowest BCUT2D eigenvalue weighted by atomic mass is 10.0. The molecule has 3 aromatic rings. The SMILES string of the molecule is Cc1ccccc1-c1nn(-c2ccccc2)cc1C(=O)N1CCCN(C(=O)C2CCCC2)CC1. The quantitative estimate of drug-likeness (QED) is 0.571. The predicted molar refractivity (Wildman–Crippen MR) is 133 cm³/mol. The average molecular weight is 457 g/mol. The van der Waals surface area contributed by atoms with Crippen LogP contribution < -0.4 is 0 Å². The van der Waals surface area contributed by atoms with Crippen LogP contribution in [0.4, 0.5) is 0 Å². The fraction of sp³-hybridized carbons (Fsp3) is 0.393. The van der Waals surface area contributed by atoms with Gasteiger partial charge < -0.3 is 9.80 Å². The van der Waals surface area contributed by atoms with Crippen molar-refractivity contribution in [1.29, 1.82) is 0 Å². The molecule has 1 aliphatic carbocycles. The number of aromatic nitrogens is 2. The van der Waals surface area contributed by atoms with Gasteiger partial charge in [0, 0.05) is 43.9 Å². The number of benzene rings is 2. The molecule has 0 atom stereocenters. The summed E-state index contributed by atoms with van der Waals surface area (Å²) in [5.41, 5.74) is 4.27. The molecule has 2 aromatic carbocycles. The van der Waals surface area contributed by atoms with Gasteiger partial charge >= 0.3 is 0 Å². The summed E-state index contributed by atoms with van der Waals surface area (Å²) >= 11 is 0. The van der Waals surface area contributed by atoms with E-state index in [1.165, 1.54) is 0 Å². The fourth-order valence-electron chi connectivity index (χ4n) is 5.22. The third-order valence-electron chi connectivity index (χ3n) is 7.16. The van der Waals surface area contributed by atoms with Gasteiger partial charge in [-0.3, -0.25) is 9.59 Å². The van der Waals surface area contributed by atoms with Crippen molar-refractivity contribution in [2.45, 2.75) is 39.0 Å². The Bertz CT molecular complexity index is 1160. The first-order valence-corrected chi connectivity index (χ1v) is 12.4. The van der Waals surface area contributed by atoms with Gasteiger partial charge in [-0.2, -0.15) is 5.10 Å². The van der Waals surface area contributed by atoms with Crippen molar-refractivity contribution in [3.8, 4) is 16.9 Å². The maximum Gasteiger partial charge on any atom is 0.257 e. The van der Waals surface area contributed by atoms with E-state index in [1.807, 2.05) is 77.5 Å². The lowest BCUT2D eigenvalue weighted by Gasteiger charge is -2.24. The Morgan fingerprint density at radius 2 is 1.50 bits per heavy atom. The Kier molecular flexibility index (Phi) is 6.48. The van der Waals surface area contributed by atoms with Crippen LogP contribution in [0.3, 0.4) is 0 Å². The van der Waals surface area contributed by atoms with Crippen LogP contribution in [0.25, 0.3) is 16.9 Å². The first kappa shape index (κ1) is 22.4. The van der Waals surface area contributed by atoms with Crippen molar-refractivity contribution in [3.63, 3.8) is 0 Å². The Morgan fingerprint density at radius 3 is 2.26 bits per heavy atom. The molecule has 2 amide bonds. The number of nitrogens with zero attached hydrogens (tertiary/aromatic N) is 4. The van der Waals surface area contributed by atoms with Crippen molar-refractivity contribution >= 4 is 11.8 Å². The van der Waals surface area contributed by atoms with Crippen LogP contribution in [0.2, 0.25) is 0 Å². The molecule has 1 aromatic heterocycles. The molecule has 0 unspecified atom stereocenters. The second-order valence-corrected chi connectivity index (χ2v) is 9.44. The molecule has 2 fully saturated rings. The van der Waals surface area contributed by atoms with Crippen molar-refractivity contribution < 1.29 is 9.59 Å². The van der Waals surface area contributed by atoms with Crippen LogP contribution in [0.5, 0.6) is 0 Å². The van der Waals surface area contributed by atoms with E-state index in [2.05, 4.69) is 0 Å². The van der Waals surface area contributed by atoms with E-state index in [9.17, 15) is 9.59 Å². The zero-order valence-corrected chi connectivity index (χ0v) is 19.8. The zero-order valence-electron chi connectivity index (χ0n) is 19.8. The minimum absolute atomic E-state index is 0.0180. The normalized spacial score (nSPS) is 17.1. The first-order chi connectivity index (χ1) is 16.6. The first-order valence-electron chi connectivity index (χ1n) is 12.4. The molecule has 0 spiro atoms. The van der Waals surface area contributed by atoms with Gasteiger partial charge in [-0.05, 0) is 43.9 Å². The van der Waals surface area contributed by atoms with E-state index in [4.69, 9.17) is 5.10 Å². The Labute approximate surface area is 201 Å². The summed E-state index contributed by atoms with van der Waals surface area (Å²) in [6.45, 7) is 4.59. The molecule has 6 heteroatoms. The Balaban J connectivity index is 1.42. The lowest BCUT2D eigenvalue weighted by Crippen LogP contribution is -2.39. The van der Waals surface area contributed by atoms with E-state index in [0.29, 0.717) is 30.9 Å². The summed E-state index contributed by atoms with van der Waals surface area (Å²) in [7, 11) is 0. The molecular weight excluding hydrogens is 424 g/mol. The minimum Gasteiger partial charge on any atom is -0.341 e. The fourth-order valence-corrected chi connectivity index (χ4v) is 5.22.